The summed E-state index contributed by atoms with van der Waals surface area (Å²) in [6.07, 6.45) is 0.771. The second kappa shape index (κ2) is 7.87. The van der Waals surface area contributed by atoms with Crippen molar-refractivity contribution in [1.29, 1.82) is 5.41 Å². The van der Waals surface area contributed by atoms with Crippen molar-refractivity contribution in [3.8, 4) is 0 Å². The molecule has 1 aromatic carbocycles. The number of amides is 1. The van der Waals surface area contributed by atoms with E-state index in [0.29, 0.717) is 28.6 Å². The van der Waals surface area contributed by atoms with Gasteiger partial charge in [-0.3, -0.25) is 10.2 Å². The molecule has 0 aliphatic heterocycles. The summed E-state index contributed by atoms with van der Waals surface area (Å²) in [5.74, 6) is -0.142. The van der Waals surface area contributed by atoms with E-state index in [0.717, 1.165) is 5.56 Å². The van der Waals surface area contributed by atoms with E-state index in [1.807, 2.05) is 0 Å². The van der Waals surface area contributed by atoms with Gasteiger partial charge in [-0.15, -0.1) is 0 Å². The van der Waals surface area contributed by atoms with Crippen LogP contribution in [0.2, 0.25) is 10.0 Å². The fraction of sp³-hybridized carbons (Fsp3) is 0.308. The number of oxime groups is 1. The molecule has 0 radical (unpaired) electrons. The molecule has 0 saturated heterocycles. The van der Waals surface area contributed by atoms with E-state index in [1.165, 1.54) is 14.0 Å². The molecule has 108 valence electrons. The number of rotatable bonds is 5. The molecule has 0 heterocycles. The Kier molecular flexibility index (Phi) is 6.48. The molecule has 1 rings (SSSR count). The number of benzene rings is 1. The molecule has 7 heteroatoms. The zero-order valence-corrected chi connectivity index (χ0v) is 12.7. The van der Waals surface area contributed by atoms with Gasteiger partial charge < -0.3 is 10.2 Å². The van der Waals surface area contributed by atoms with Crippen LogP contribution in [0.4, 0.5) is 0 Å². The highest BCUT2D eigenvalue weighted by Crippen LogP contribution is 2.23. The standard InChI is InChI=1S/C13H15Cl2N3O2/c1-8(19)17-13(16)6-5-12(18-20-2)9-3-4-10(14)11(15)7-9/h3-4,7H,5-6H2,1-2H3,(H2,16,17,19)/b18-12+. The van der Waals surface area contributed by atoms with Crippen LogP contribution in [-0.4, -0.2) is 24.6 Å². The molecule has 0 atom stereocenters. The molecule has 0 saturated carbocycles. The topological polar surface area (TPSA) is 74.5 Å². The maximum absolute atomic E-state index is 10.8. The number of carbonyl (C=O) groups excluding carboxylic acids is 1. The largest absolute Gasteiger partial charge is 0.399 e. The van der Waals surface area contributed by atoms with E-state index in [2.05, 4.69) is 10.5 Å². The number of halogens is 2. The second-order valence-electron chi connectivity index (χ2n) is 4.01. The fourth-order valence-electron chi connectivity index (χ4n) is 1.55. The summed E-state index contributed by atoms with van der Waals surface area (Å²) in [5, 5.41) is 14.8. The smallest absolute Gasteiger partial charge is 0.222 e. The predicted molar refractivity (Wildman–Crippen MR) is 80.8 cm³/mol. The van der Waals surface area contributed by atoms with Crippen molar-refractivity contribution in [3.63, 3.8) is 0 Å². The lowest BCUT2D eigenvalue weighted by atomic mass is 10.1. The summed E-state index contributed by atoms with van der Waals surface area (Å²) in [6.45, 7) is 1.36. The highest BCUT2D eigenvalue weighted by atomic mass is 35.5. The van der Waals surface area contributed by atoms with Gasteiger partial charge in [0.1, 0.15) is 12.9 Å². The number of nitrogens with one attached hydrogen (secondary N) is 2. The summed E-state index contributed by atoms with van der Waals surface area (Å²) >= 11 is 11.8. The lowest BCUT2D eigenvalue weighted by Crippen LogP contribution is -2.27. The van der Waals surface area contributed by atoms with Gasteiger partial charge in [0.2, 0.25) is 5.91 Å². The Bertz CT molecular complexity index is 544. The van der Waals surface area contributed by atoms with Crippen LogP contribution in [0.1, 0.15) is 25.3 Å². The lowest BCUT2D eigenvalue weighted by Gasteiger charge is -2.08. The molecule has 0 spiro atoms. The average molecular weight is 316 g/mol. The van der Waals surface area contributed by atoms with E-state index in [1.54, 1.807) is 18.2 Å². The second-order valence-corrected chi connectivity index (χ2v) is 4.82. The first-order chi connectivity index (χ1) is 9.43. The normalized spacial score (nSPS) is 11.1. The Morgan fingerprint density at radius 2 is 2.05 bits per heavy atom. The van der Waals surface area contributed by atoms with Crippen LogP contribution in [0.15, 0.2) is 23.4 Å². The third-order valence-electron chi connectivity index (χ3n) is 2.39. The highest BCUT2D eigenvalue weighted by molar-refractivity contribution is 6.42. The van der Waals surface area contributed by atoms with Gasteiger partial charge in [0.25, 0.3) is 0 Å². The quantitative estimate of drug-likeness (QED) is 0.497. The van der Waals surface area contributed by atoms with Crippen LogP contribution in [0.3, 0.4) is 0 Å². The Morgan fingerprint density at radius 3 is 2.60 bits per heavy atom. The zero-order chi connectivity index (χ0) is 15.1. The van der Waals surface area contributed by atoms with Crippen LogP contribution in [-0.2, 0) is 9.63 Å². The monoisotopic (exact) mass is 315 g/mol. The van der Waals surface area contributed by atoms with Gasteiger partial charge >= 0.3 is 0 Å². The van der Waals surface area contributed by atoms with Gasteiger partial charge in [-0.25, -0.2) is 0 Å². The maximum Gasteiger partial charge on any atom is 0.222 e. The van der Waals surface area contributed by atoms with E-state index >= 15 is 0 Å². The van der Waals surface area contributed by atoms with Gasteiger partial charge in [0.15, 0.2) is 0 Å². The summed E-state index contributed by atoms with van der Waals surface area (Å²) in [7, 11) is 1.44. The van der Waals surface area contributed by atoms with Crippen LogP contribution in [0.5, 0.6) is 0 Å². The van der Waals surface area contributed by atoms with Crippen molar-refractivity contribution >= 4 is 40.7 Å². The first-order valence-electron chi connectivity index (χ1n) is 5.84. The molecule has 20 heavy (non-hydrogen) atoms. The first kappa shape index (κ1) is 16.5. The molecule has 2 N–H and O–H groups in total. The van der Waals surface area contributed by atoms with E-state index in [4.69, 9.17) is 33.4 Å². The Morgan fingerprint density at radius 1 is 1.35 bits per heavy atom. The van der Waals surface area contributed by atoms with Crippen LogP contribution in [0.25, 0.3) is 0 Å². The van der Waals surface area contributed by atoms with Crippen molar-refractivity contribution in [2.75, 3.05) is 7.11 Å². The number of hydrogen-bond donors (Lipinski definition) is 2. The SMILES string of the molecule is CO/N=C(\CCC(=N)NC(C)=O)c1ccc(Cl)c(Cl)c1. The van der Waals surface area contributed by atoms with E-state index in [-0.39, 0.29) is 11.7 Å². The molecule has 0 unspecified atom stereocenters. The first-order valence-corrected chi connectivity index (χ1v) is 6.60. The summed E-state index contributed by atoms with van der Waals surface area (Å²) in [4.78, 5) is 15.6. The van der Waals surface area contributed by atoms with Gasteiger partial charge in [-0.2, -0.15) is 0 Å². The van der Waals surface area contributed by atoms with Gasteiger partial charge in [-0.1, -0.05) is 34.4 Å². The van der Waals surface area contributed by atoms with Gasteiger partial charge in [0.05, 0.1) is 15.8 Å². The van der Waals surface area contributed by atoms with Crippen LogP contribution >= 0.6 is 23.2 Å². The van der Waals surface area contributed by atoms with E-state index < -0.39 is 0 Å². The minimum absolute atomic E-state index is 0.126. The van der Waals surface area contributed by atoms with Gasteiger partial charge in [-0.05, 0) is 12.1 Å². The third kappa shape index (κ3) is 5.19. The highest BCUT2D eigenvalue weighted by Gasteiger charge is 2.09. The van der Waals surface area contributed by atoms with Gasteiger partial charge in [0, 0.05) is 25.3 Å². The molecular formula is C13H15Cl2N3O2. The molecule has 0 aliphatic carbocycles. The number of hydrogen-bond acceptors (Lipinski definition) is 4. The Balaban J connectivity index is 2.79. The molecule has 0 aromatic heterocycles. The van der Waals surface area contributed by atoms with Crippen molar-refractivity contribution in [2.45, 2.75) is 19.8 Å². The third-order valence-corrected chi connectivity index (χ3v) is 3.13. The molecule has 0 bridgehead atoms. The Labute approximate surface area is 127 Å². The molecular weight excluding hydrogens is 301 g/mol. The number of nitrogens with zero attached hydrogens (tertiary/aromatic N) is 1. The molecule has 1 amide bonds. The van der Waals surface area contributed by atoms with Crippen molar-refractivity contribution in [2.24, 2.45) is 5.16 Å². The summed E-state index contributed by atoms with van der Waals surface area (Å²) < 4.78 is 0. The minimum atomic E-state index is -0.269. The lowest BCUT2D eigenvalue weighted by molar-refractivity contribution is -0.117. The fourth-order valence-corrected chi connectivity index (χ4v) is 1.84. The van der Waals surface area contributed by atoms with Crippen molar-refractivity contribution in [3.05, 3.63) is 33.8 Å². The van der Waals surface area contributed by atoms with E-state index in [9.17, 15) is 4.79 Å². The minimum Gasteiger partial charge on any atom is -0.399 e. The van der Waals surface area contributed by atoms with Crippen molar-refractivity contribution in [1.82, 2.24) is 5.32 Å². The van der Waals surface area contributed by atoms with Crippen LogP contribution in [0, 0.1) is 5.41 Å². The molecule has 0 aliphatic rings. The number of carbonyl (C=O) groups is 1. The molecule has 5 nitrogen and oxygen atoms in total. The average Bonchev–Trinajstić information content (AvgIpc) is 2.37. The molecule has 1 aromatic rings. The van der Waals surface area contributed by atoms with Crippen LogP contribution < -0.4 is 5.32 Å². The summed E-state index contributed by atoms with van der Waals surface area (Å²) in [6, 6.07) is 5.13. The number of amidine groups is 1. The zero-order valence-electron chi connectivity index (χ0n) is 11.2. The Hall–Kier alpha value is -1.59. The maximum atomic E-state index is 10.8. The molecule has 0 fully saturated rings. The summed E-state index contributed by atoms with van der Waals surface area (Å²) in [5.41, 5.74) is 1.39. The van der Waals surface area contributed by atoms with Crippen molar-refractivity contribution < 1.29 is 9.63 Å². The predicted octanol–water partition coefficient (Wildman–Crippen LogP) is 3.24.